The first-order chi connectivity index (χ1) is 8.99. The lowest BCUT2D eigenvalue weighted by molar-refractivity contribution is 0.1000. The molecule has 2 rings (SSSR count). The number of carbonyl (C=O) groups excluding carboxylic acids is 1. The molecule has 0 fully saturated rings. The monoisotopic (exact) mass is 280 g/mol. The minimum absolute atomic E-state index is 0.0593. The summed E-state index contributed by atoms with van der Waals surface area (Å²) in [5.74, 6) is -0.0928. The van der Waals surface area contributed by atoms with Gasteiger partial charge in [0.2, 0.25) is 15.9 Å². The zero-order chi connectivity index (χ0) is 13.9. The topological polar surface area (TPSA) is 118 Å². The van der Waals surface area contributed by atoms with Gasteiger partial charge in [0.05, 0.1) is 11.4 Å². The summed E-state index contributed by atoms with van der Waals surface area (Å²) in [5, 5.41) is 0. The molecule has 0 aliphatic carbocycles. The van der Waals surface area contributed by atoms with Crippen molar-refractivity contribution < 1.29 is 13.2 Å². The lowest BCUT2D eigenvalue weighted by Gasteiger charge is -2.05. The molecule has 0 unspecified atom stereocenters. The Morgan fingerprint density at radius 3 is 2.53 bits per heavy atom. The van der Waals surface area contributed by atoms with Crippen LogP contribution in [0.4, 0.5) is 0 Å². The minimum Gasteiger partial charge on any atom is -0.366 e. The van der Waals surface area contributed by atoms with Crippen molar-refractivity contribution >= 4 is 15.9 Å². The Labute approximate surface area is 109 Å². The van der Waals surface area contributed by atoms with Crippen LogP contribution in [0.25, 0.3) is 0 Å². The Bertz CT molecular complexity index is 662. The van der Waals surface area contributed by atoms with Crippen molar-refractivity contribution in [2.75, 3.05) is 0 Å². The number of benzene rings is 1. The van der Waals surface area contributed by atoms with Gasteiger partial charge in [-0.1, -0.05) is 0 Å². The van der Waals surface area contributed by atoms with E-state index in [1.807, 2.05) is 0 Å². The van der Waals surface area contributed by atoms with Crippen LogP contribution in [0.3, 0.4) is 0 Å². The van der Waals surface area contributed by atoms with E-state index in [9.17, 15) is 13.2 Å². The Balaban J connectivity index is 2.13. The molecular formula is C11H12N4O3S. The van der Waals surface area contributed by atoms with E-state index in [2.05, 4.69) is 14.7 Å². The van der Waals surface area contributed by atoms with Crippen LogP contribution in [0.1, 0.15) is 16.2 Å². The van der Waals surface area contributed by atoms with Crippen LogP contribution in [-0.2, 0) is 16.6 Å². The third-order valence-electron chi connectivity index (χ3n) is 2.43. The molecule has 0 radical (unpaired) electrons. The molecule has 0 aliphatic rings. The number of hydrogen-bond donors (Lipinski definition) is 3. The number of rotatable bonds is 5. The lowest BCUT2D eigenvalue weighted by Crippen LogP contribution is -2.24. The summed E-state index contributed by atoms with van der Waals surface area (Å²) in [6.45, 7) is 0.0624. The van der Waals surface area contributed by atoms with Crippen LogP contribution < -0.4 is 10.5 Å². The number of carbonyl (C=O) groups is 1. The molecule has 0 atom stereocenters. The van der Waals surface area contributed by atoms with Crippen LogP contribution in [0.2, 0.25) is 0 Å². The van der Waals surface area contributed by atoms with Crippen molar-refractivity contribution in [3.8, 4) is 0 Å². The summed E-state index contributed by atoms with van der Waals surface area (Å²) in [7, 11) is -3.64. The van der Waals surface area contributed by atoms with E-state index in [0.717, 1.165) is 0 Å². The number of primary amides is 1. The molecule has 1 heterocycles. The Kier molecular flexibility index (Phi) is 3.63. The Morgan fingerprint density at radius 1 is 1.32 bits per heavy atom. The van der Waals surface area contributed by atoms with Gasteiger partial charge in [-0.2, -0.15) is 0 Å². The number of nitrogens with one attached hydrogen (secondary N) is 2. The number of hydrogen-bond acceptors (Lipinski definition) is 4. The fourth-order valence-corrected chi connectivity index (χ4v) is 2.43. The van der Waals surface area contributed by atoms with Crippen molar-refractivity contribution in [1.82, 2.24) is 14.7 Å². The first-order valence-corrected chi connectivity index (χ1v) is 6.85. The van der Waals surface area contributed by atoms with E-state index in [1.165, 1.54) is 30.5 Å². The van der Waals surface area contributed by atoms with Gasteiger partial charge in [-0.05, 0) is 24.3 Å². The van der Waals surface area contributed by atoms with Crippen molar-refractivity contribution in [3.05, 3.63) is 48.0 Å². The fraction of sp³-hybridized carbons (Fsp3) is 0.0909. The lowest BCUT2D eigenvalue weighted by atomic mass is 10.2. The van der Waals surface area contributed by atoms with Crippen molar-refractivity contribution in [2.45, 2.75) is 11.4 Å². The molecule has 2 aromatic rings. The summed E-state index contributed by atoms with van der Waals surface area (Å²) in [5.41, 5.74) is 5.33. The highest BCUT2D eigenvalue weighted by molar-refractivity contribution is 7.89. The second-order valence-corrected chi connectivity index (χ2v) is 5.52. The maximum atomic E-state index is 11.9. The van der Waals surface area contributed by atoms with Crippen LogP contribution in [0, 0.1) is 0 Å². The van der Waals surface area contributed by atoms with Gasteiger partial charge in [-0.15, -0.1) is 0 Å². The Morgan fingerprint density at radius 2 is 2.00 bits per heavy atom. The molecule has 0 saturated carbocycles. The number of aromatic amines is 1. The minimum atomic E-state index is -3.64. The average Bonchev–Trinajstić information content (AvgIpc) is 2.90. The molecule has 4 N–H and O–H groups in total. The molecule has 0 aliphatic heterocycles. The molecule has 0 bridgehead atoms. The Hall–Kier alpha value is -2.19. The normalized spacial score (nSPS) is 11.4. The van der Waals surface area contributed by atoms with Crippen molar-refractivity contribution in [2.24, 2.45) is 5.73 Å². The quantitative estimate of drug-likeness (QED) is 0.713. The highest BCUT2D eigenvalue weighted by Gasteiger charge is 2.14. The van der Waals surface area contributed by atoms with Crippen LogP contribution in [0.5, 0.6) is 0 Å². The van der Waals surface area contributed by atoms with Crippen molar-refractivity contribution in [1.29, 1.82) is 0 Å². The number of sulfonamides is 1. The van der Waals surface area contributed by atoms with E-state index >= 15 is 0 Å². The molecular weight excluding hydrogens is 268 g/mol. The molecule has 8 heteroatoms. The fourth-order valence-electron chi connectivity index (χ4n) is 1.44. The van der Waals surface area contributed by atoms with Gasteiger partial charge in [0, 0.05) is 18.0 Å². The van der Waals surface area contributed by atoms with E-state index in [4.69, 9.17) is 5.73 Å². The SMILES string of the molecule is NC(=O)c1ccc(S(=O)(=O)NCc2ncc[nH]2)cc1. The predicted octanol–water partition coefficient (Wildman–Crippen LogP) is -0.0129. The molecule has 0 spiro atoms. The van der Waals surface area contributed by atoms with Gasteiger partial charge in [-0.25, -0.2) is 18.1 Å². The third-order valence-corrected chi connectivity index (χ3v) is 3.85. The third kappa shape index (κ3) is 3.18. The van der Waals surface area contributed by atoms with Crippen LogP contribution in [-0.4, -0.2) is 24.3 Å². The number of nitrogens with zero attached hydrogens (tertiary/aromatic N) is 1. The van der Waals surface area contributed by atoms with Gasteiger partial charge in [0.15, 0.2) is 0 Å². The van der Waals surface area contributed by atoms with Gasteiger partial charge in [0.25, 0.3) is 0 Å². The maximum absolute atomic E-state index is 11.9. The molecule has 19 heavy (non-hydrogen) atoms. The zero-order valence-electron chi connectivity index (χ0n) is 9.83. The van der Waals surface area contributed by atoms with Gasteiger partial charge < -0.3 is 10.7 Å². The molecule has 100 valence electrons. The summed E-state index contributed by atoms with van der Waals surface area (Å²) in [6.07, 6.45) is 3.14. The largest absolute Gasteiger partial charge is 0.366 e. The van der Waals surface area contributed by atoms with Gasteiger partial charge in [0.1, 0.15) is 5.82 Å². The number of nitrogens with two attached hydrogens (primary N) is 1. The van der Waals surface area contributed by atoms with Gasteiger partial charge >= 0.3 is 0 Å². The van der Waals surface area contributed by atoms with Crippen LogP contribution in [0.15, 0.2) is 41.6 Å². The van der Waals surface area contributed by atoms with Crippen molar-refractivity contribution in [3.63, 3.8) is 0 Å². The van der Waals surface area contributed by atoms with E-state index in [1.54, 1.807) is 6.20 Å². The first kappa shape index (κ1) is 13.2. The average molecular weight is 280 g/mol. The molecule has 0 saturated heterocycles. The van der Waals surface area contributed by atoms with Gasteiger partial charge in [-0.3, -0.25) is 4.79 Å². The van der Waals surface area contributed by atoms with E-state index < -0.39 is 15.9 Å². The standard InChI is InChI=1S/C11H12N4O3S/c12-11(16)8-1-3-9(4-2-8)19(17,18)15-7-10-13-5-6-14-10/h1-6,15H,7H2,(H2,12,16)(H,13,14). The predicted molar refractivity (Wildman–Crippen MR) is 67.6 cm³/mol. The van der Waals surface area contributed by atoms with Crippen LogP contribution >= 0.6 is 0 Å². The summed E-state index contributed by atoms with van der Waals surface area (Å²) < 4.78 is 26.3. The second-order valence-electron chi connectivity index (χ2n) is 3.75. The number of H-pyrrole nitrogens is 1. The number of amides is 1. The summed E-state index contributed by atoms with van der Waals surface area (Å²) >= 11 is 0. The number of aromatic nitrogens is 2. The first-order valence-electron chi connectivity index (χ1n) is 5.37. The zero-order valence-corrected chi connectivity index (χ0v) is 10.6. The molecule has 7 nitrogen and oxygen atoms in total. The van der Waals surface area contributed by atoms with E-state index in [0.29, 0.717) is 5.82 Å². The molecule has 1 aromatic carbocycles. The van der Waals surface area contributed by atoms with E-state index in [-0.39, 0.29) is 17.0 Å². The maximum Gasteiger partial charge on any atom is 0.248 e. The summed E-state index contributed by atoms with van der Waals surface area (Å²) in [6, 6.07) is 5.38. The second kappa shape index (κ2) is 5.21. The number of imidazole rings is 1. The smallest absolute Gasteiger partial charge is 0.248 e. The molecule has 1 amide bonds. The highest BCUT2D eigenvalue weighted by Crippen LogP contribution is 2.10. The molecule has 1 aromatic heterocycles. The highest BCUT2D eigenvalue weighted by atomic mass is 32.2. The summed E-state index contributed by atoms with van der Waals surface area (Å²) in [4.78, 5) is 17.6.